The van der Waals surface area contributed by atoms with Gasteiger partial charge in [-0.2, -0.15) is 0 Å². The monoisotopic (exact) mass is 493 g/mol. The van der Waals surface area contributed by atoms with Crippen LogP contribution in [-0.2, 0) is 29.2 Å². The minimum atomic E-state index is -0.878. The van der Waals surface area contributed by atoms with E-state index >= 15 is 0 Å². The first-order valence-electron chi connectivity index (χ1n) is 12.1. The molecule has 8 nitrogen and oxygen atoms in total. The zero-order chi connectivity index (χ0) is 25.6. The summed E-state index contributed by atoms with van der Waals surface area (Å²) in [5.74, 6) is 0.00770. The highest BCUT2D eigenvalue weighted by Gasteiger charge is 2.32. The lowest BCUT2D eigenvalue weighted by Gasteiger charge is -2.31. The molecule has 0 aliphatic carbocycles. The van der Waals surface area contributed by atoms with Crippen molar-refractivity contribution in [3.05, 3.63) is 120 Å². The minimum Gasteiger partial charge on any atom is -0.467 e. The van der Waals surface area contributed by atoms with E-state index in [2.05, 4.69) is 15.6 Å². The Labute approximate surface area is 214 Å². The molecular formula is C29H27N5O3. The first-order valence-corrected chi connectivity index (χ1v) is 12.1. The molecule has 2 heterocycles. The summed E-state index contributed by atoms with van der Waals surface area (Å²) in [6.45, 7) is 2.37. The Hall–Kier alpha value is -4.72. The van der Waals surface area contributed by atoms with Gasteiger partial charge in [0, 0.05) is 6.54 Å². The van der Waals surface area contributed by atoms with Gasteiger partial charge in [0.25, 0.3) is 0 Å². The number of fused-ring (bicyclic) bond motifs is 1. The number of benzene rings is 3. The number of rotatable bonds is 9. The van der Waals surface area contributed by atoms with Crippen molar-refractivity contribution in [2.24, 2.45) is 0 Å². The van der Waals surface area contributed by atoms with Crippen LogP contribution in [0.15, 0.2) is 102 Å². The van der Waals surface area contributed by atoms with Crippen LogP contribution in [0.4, 0.5) is 0 Å². The number of para-hydroxylation sites is 1. The van der Waals surface area contributed by atoms with Crippen molar-refractivity contribution in [3.8, 4) is 0 Å². The first-order chi connectivity index (χ1) is 18.1. The topological polar surface area (TPSA) is 93.3 Å². The van der Waals surface area contributed by atoms with Gasteiger partial charge >= 0.3 is 0 Å². The number of carbonyl (C=O) groups is 2. The average Bonchev–Trinajstić information content (AvgIpc) is 3.59. The van der Waals surface area contributed by atoms with E-state index in [0.717, 1.165) is 16.6 Å². The van der Waals surface area contributed by atoms with Gasteiger partial charge in [-0.15, -0.1) is 5.10 Å². The molecule has 0 saturated carbocycles. The smallest absolute Gasteiger partial charge is 0.247 e. The predicted octanol–water partition coefficient (Wildman–Crippen LogP) is 4.42. The van der Waals surface area contributed by atoms with E-state index in [1.165, 1.54) is 0 Å². The second-order valence-electron chi connectivity index (χ2n) is 8.85. The Morgan fingerprint density at radius 2 is 1.70 bits per heavy atom. The Morgan fingerprint density at radius 3 is 2.46 bits per heavy atom. The lowest BCUT2D eigenvalue weighted by molar-refractivity contribution is -0.142. The predicted molar refractivity (Wildman–Crippen MR) is 139 cm³/mol. The van der Waals surface area contributed by atoms with Crippen LogP contribution in [0, 0.1) is 6.92 Å². The zero-order valence-electron chi connectivity index (χ0n) is 20.4. The highest BCUT2D eigenvalue weighted by molar-refractivity contribution is 5.89. The van der Waals surface area contributed by atoms with Crippen molar-refractivity contribution in [2.75, 3.05) is 0 Å². The minimum absolute atomic E-state index is 0.0739. The molecule has 186 valence electrons. The SMILES string of the molecule is Cc1ccc([C@@H](C(=O)NCc2ccccc2)N(Cc2ccco2)C(=O)Cn2nnc3ccccc32)cc1. The molecule has 0 bridgehead atoms. The van der Waals surface area contributed by atoms with E-state index in [-0.39, 0.29) is 24.9 Å². The molecule has 2 aromatic heterocycles. The first kappa shape index (κ1) is 24.0. The van der Waals surface area contributed by atoms with E-state index in [1.807, 2.05) is 85.8 Å². The van der Waals surface area contributed by atoms with Crippen LogP contribution in [0.25, 0.3) is 11.0 Å². The number of carbonyl (C=O) groups excluding carboxylic acids is 2. The summed E-state index contributed by atoms with van der Waals surface area (Å²) in [5, 5.41) is 11.4. The Bertz CT molecular complexity index is 1480. The van der Waals surface area contributed by atoms with Crippen molar-refractivity contribution in [1.82, 2.24) is 25.2 Å². The van der Waals surface area contributed by atoms with Crippen LogP contribution in [0.3, 0.4) is 0 Å². The summed E-state index contributed by atoms with van der Waals surface area (Å²) < 4.78 is 7.13. The number of furan rings is 1. The van der Waals surface area contributed by atoms with Crippen molar-refractivity contribution >= 4 is 22.8 Å². The summed E-state index contributed by atoms with van der Waals surface area (Å²) in [7, 11) is 0. The van der Waals surface area contributed by atoms with Gasteiger partial charge < -0.3 is 14.6 Å². The molecule has 1 N–H and O–H groups in total. The average molecular weight is 494 g/mol. The zero-order valence-corrected chi connectivity index (χ0v) is 20.4. The van der Waals surface area contributed by atoms with Gasteiger partial charge in [-0.05, 0) is 42.3 Å². The van der Waals surface area contributed by atoms with Crippen molar-refractivity contribution in [3.63, 3.8) is 0 Å². The summed E-state index contributed by atoms with van der Waals surface area (Å²) in [6.07, 6.45) is 1.55. The van der Waals surface area contributed by atoms with Gasteiger partial charge in [0.05, 0.1) is 18.3 Å². The molecule has 0 radical (unpaired) electrons. The fourth-order valence-electron chi connectivity index (χ4n) is 4.25. The van der Waals surface area contributed by atoms with Gasteiger partial charge in [0.15, 0.2) is 0 Å². The molecule has 0 fully saturated rings. The summed E-state index contributed by atoms with van der Waals surface area (Å²) in [5.41, 5.74) is 4.18. The maximum atomic E-state index is 13.9. The third-order valence-electron chi connectivity index (χ3n) is 6.19. The van der Waals surface area contributed by atoms with Gasteiger partial charge in [-0.1, -0.05) is 77.5 Å². The number of nitrogens with one attached hydrogen (secondary N) is 1. The molecule has 0 spiro atoms. The fraction of sp³-hybridized carbons (Fsp3) is 0.172. The van der Waals surface area contributed by atoms with E-state index in [1.54, 1.807) is 28.0 Å². The van der Waals surface area contributed by atoms with Crippen molar-refractivity contribution < 1.29 is 14.0 Å². The van der Waals surface area contributed by atoms with Gasteiger partial charge in [-0.25, -0.2) is 4.68 Å². The maximum absolute atomic E-state index is 13.9. The summed E-state index contributed by atoms with van der Waals surface area (Å²) >= 11 is 0. The largest absolute Gasteiger partial charge is 0.467 e. The highest BCUT2D eigenvalue weighted by Crippen LogP contribution is 2.25. The molecule has 0 saturated heterocycles. The molecule has 0 aliphatic heterocycles. The number of amides is 2. The molecule has 1 atom stereocenters. The summed E-state index contributed by atoms with van der Waals surface area (Å²) in [6, 6.07) is 27.4. The molecule has 0 aliphatic rings. The molecule has 3 aromatic carbocycles. The van der Waals surface area contributed by atoms with Crippen LogP contribution in [0.5, 0.6) is 0 Å². The molecular weight excluding hydrogens is 466 g/mol. The van der Waals surface area contributed by atoms with E-state index < -0.39 is 6.04 Å². The Kier molecular flexibility index (Phi) is 7.07. The number of hydrogen-bond acceptors (Lipinski definition) is 5. The number of hydrogen-bond donors (Lipinski definition) is 1. The third kappa shape index (κ3) is 5.59. The number of aromatic nitrogens is 3. The third-order valence-corrected chi connectivity index (χ3v) is 6.19. The van der Waals surface area contributed by atoms with Gasteiger partial charge in [0.2, 0.25) is 11.8 Å². The molecule has 5 aromatic rings. The second-order valence-corrected chi connectivity index (χ2v) is 8.85. The Morgan fingerprint density at radius 1 is 0.946 bits per heavy atom. The standard InChI is InChI=1S/C29H27N5O3/c1-21-13-15-23(16-14-21)28(29(36)30-18-22-8-3-2-4-9-22)33(19-24-10-7-17-37-24)27(35)20-34-26-12-6-5-11-25(26)31-32-34/h2-17,28H,18-20H2,1H3,(H,30,36)/t28-/m0/s1. The molecule has 0 unspecified atom stereocenters. The number of nitrogens with zero attached hydrogens (tertiary/aromatic N) is 4. The van der Waals surface area contributed by atoms with Crippen LogP contribution < -0.4 is 5.32 Å². The maximum Gasteiger partial charge on any atom is 0.247 e. The van der Waals surface area contributed by atoms with E-state index in [0.29, 0.717) is 23.4 Å². The quantitative estimate of drug-likeness (QED) is 0.328. The van der Waals surface area contributed by atoms with Crippen molar-refractivity contribution in [1.29, 1.82) is 0 Å². The van der Waals surface area contributed by atoms with E-state index in [9.17, 15) is 9.59 Å². The lowest BCUT2D eigenvalue weighted by atomic mass is 10.0. The summed E-state index contributed by atoms with van der Waals surface area (Å²) in [4.78, 5) is 29.1. The Balaban J connectivity index is 1.49. The second kappa shape index (κ2) is 10.9. The number of aryl methyl sites for hydroxylation is 1. The van der Waals surface area contributed by atoms with E-state index in [4.69, 9.17) is 4.42 Å². The normalized spacial score (nSPS) is 11.8. The van der Waals surface area contributed by atoms with Gasteiger partial charge in [-0.3, -0.25) is 9.59 Å². The highest BCUT2D eigenvalue weighted by atomic mass is 16.3. The fourth-order valence-corrected chi connectivity index (χ4v) is 4.25. The van der Waals surface area contributed by atoms with Crippen LogP contribution in [0.2, 0.25) is 0 Å². The lowest BCUT2D eigenvalue weighted by Crippen LogP contribution is -2.44. The van der Waals surface area contributed by atoms with Crippen molar-refractivity contribution in [2.45, 2.75) is 32.6 Å². The molecule has 5 rings (SSSR count). The molecule has 8 heteroatoms. The molecule has 37 heavy (non-hydrogen) atoms. The van der Waals surface area contributed by atoms with Gasteiger partial charge in [0.1, 0.15) is 23.9 Å². The van der Waals surface area contributed by atoms with Crippen LogP contribution >= 0.6 is 0 Å². The van der Waals surface area contributed by atoms with Crippen LogP contribution in [0.1, 0.15) is 28.5 Å². The van der Waals surface area contributed by atoms with Crippen LogP contribution in [-0.4, -0.2) is 31.7 Å². The molecule has 2 amide bonds.